The number of hydrogen-bond acceptors (Lipinski definition) is 4. The standard InChI is InChI=1S/C13H26N4OS/c1-4-16(5-2)13(18)11(3)17-8-6-15(7-9-17)10-12(14)19/h11H,4-10H2,1-3H3,(H2,14,19). The molecule has 0 aromatic rings. The molecule has 6 heteroatoms. The molecule has 1 atom stereocenters. The lowest BCUT2D eigenvalue weighted by molar-refractivity contribution is -0.136. The molecule has 1 rings (SSSR count). The molecule has 1 saturated heterocycles. The number of carbonyl (C=O) groups is 1. The fourth-order valence-electron chi connectivity index (χ4n) is 2.48. The molecule has 1 aliphatic rings. The maximum absolute atomic E-state index is 12.3. The number of nitrogens with zero attached hydrogens (tertiary/aromatic N) is 3. The van der Waals surface area contributed by atoms with Gasteiger partial charge in [0.05, 0.1) is 11.0 Å². The van der Waals surface area contributed by atoms with Crippen LogP contribution >= 0.6 is 12.2 Å². The lowest BCUT2D eigenvalue weighted by Crippen LogP contribution is -2.55. The Kier molecular flexibility index (Phi) is 6.68. The molecule has 2 N–H and O–H groups in total. The van der Waals surface area contributed by atoms with Crippen LogP contribution in [-0.4, -0.2) is 77.5 Å². The normalized spacial score (nSPS) is 19.1. The average Bonchev–Trinajstić information content (AvgIpc) is 2.39. The van der Waals surface area contributed by atoms with Crippen molar-refractivity contribution in [3.8, 4) is 0 Å². The number of piperazine rings is 1. The van der Waals surface area contributed by atoms with E-state index in [1.165, 1.54) is 0 Å². The van der Waals surface area contributed by atoms with Crippen molar-refractivity contribution in [3.63, 3.8) is 0 Å². The van der Waals surface area contributed by atoms with Crippen molar-refractivity contribution in [2.24, 2.45) is 5.73 Å². The van der Waals surface area contributed by atoms with E-state index >= 15 is 0 Å². The Labute approximate surface area is 121 Å². The van der Waals surface area contributed by atoms with Gasteiger partial charge in [-0.25, -0.2) is 0 Å². The van der Waals surface area contributed by atoms with E-state index < -0.39 is 0 Å². The van der Waals surface area contributed by atoms with E-state index in [-0.39, 0.29) is 11.9 Å². The monoisotopic (exact) mass is 286 g/mol. The number of nitrogens with two attached hydrogens (primary N) is 1. The topological polar surface area (TPSA) is 52.8 Å². The molecule has 1 fully saturated rings. The number of amides is 1. The van der Waals surface area contributed by atoms with E-state index in [2.05, 4.69) is 9.80 Å². The molecule has 1 heterocycles. The van der Waals surface area contributed by atoms with Gasteiger partial charge in [-0.05, 0) is 20.8 Å². The van der Waals surface area contributed by atoms with Crippen molar-refractivity contribution >= 4 is 23.1 Å². The Balaban J connectivity index is 2.46. The first-order valence-electron chi connectivity index (χ1n) is 7.03. The van der Waals surface area contributed by atoms with Gasteiger partial charge < -0.3 is 10.6 Å². The van der Waals surface area contributed by atoms with Gasteiger partial charge in [0.25, 0.3) is 0 Å². The van der Waals surface area contributed by atoms with E-state index in [9.17, 15) is 4.79 Å². The molecular weight excluding hydrogens is 260 g/mol. The Morgan fingerprint density at radius 1 is 1.26 bits per heavy atom. The highest BCUT2D eigenvalue weighted by atomic mass is 32.1. The fourth-order valence-corrected chi connectivity index (χ4v) is 2.67. The largest absolute Gasteiger partial charge is 0.392 e. The summed E-state index contributed by atoms with van der Waals surface area (Å²) in [4.78, 5) is 19.2. The van der Waals surface area contributed by atoms with Gasteiger partial charge in [0.2, 0.25) is 5.91 Å². The quantitative estimate of drug-likeness (QED) is 0.704. The second-order valence-corrected chi connectivity index (χ2v) is 5.49. The summed E-state index contributed by atoms with van der Waals surface area (Å²) in [7, 11) is 0. The Morgan fingerprint density at radius 2 is 1.79 bits per heavy atom. The molecule has 0 saturated carbocycles. The maximum Gasteiger partial charge on any atom is 0.239 e. The van der Waals surface area contributed by atoms with E-state index in [0.29, 0.717) is 11.5 Å². The third kappa shape index (κ3) is 4.71. The van der Waals surface area contributed by atoms with Gasteiger partial charge in [-0.3, -0.25) is 14.6 Å². The summed E-state index contributed by atoms with van der Waals surface area (Å²) in [6.45, 7) is 11.9. The summed E-state index contributed by atoms with van der Waals surface area (Å²) >= 11 is 4.93. The van der Waals surface area contributed by atoms with E-state index in [1.807, 2.05) is 25.7 Å². The fraction of sp³-hybridized carbons (Fsp3) is 0.846. The first kappa shape index (κ1) is 16.3. The highest BCUT2D eigenvalue weighted by molar-refractivity contribution is 7.80. The smallest absolute Gasteiger partial charge is 0.239 e. The first-order valence-corrected chi connectivity index (χ1v) is 7.43. The Morgan fingerprint density at radius 3 is 2.21 bits per heavy atom. The van der Waals surface area contributed by atoms with Gasteiger partial charge in [-0.15, -0.1) is 0 Å². The van der Waals surface area contributed by atoms with Gasteiger partial charge in [-0.1, -0.05) is 12.2 Å². The minimum absolute atomic E-state index is 0.0353. The van der Waals surface area contributed by atoms with Crippen molar-refractivity contribution in [1.29, 1.82) is 0 Å². The van der Waals surface area contributed by atoms with Crippen molar-refractivity contribution in [2.75, 3.05) is 45.8 Å². The second-order valence-electron chi connectivity index (χ2n) is 4.96. The predicted molar refractivity (Wildman–Crippen MR) is 82.2 cm³/mol. The zero-order valence-corrected chi connectivity index (χ0v) is 13.1. The van der Waals surface area contributed by atoms with E-state index in [4.69, 9.17) is 18.0 Å². The Hall–Kier alpha value is -0.720. The van der Waals surface area contributed by atoms with Crippen LogP contribution in [0.15, 0.2) is 0 Å². The van der Waals surface area contributed by atoms with Gasteiger partial charge in [0.1, 0.15) is 0 Å². The van der Waals surface area contributed by atoms with Crippen LogP contribution in [0.2, 0.25) is 0 Å². The molecule has 0 aromatic carbocycles. The van der Waals surface area contributed by atoms with Crippen molar-refractivity contribution in [1.82, 2.24) is 14.7 Å². The minimum Gasteiger partial charge on any atom is -0.392 e. The Bertz CT molecular complexity index is 312. The second kappa shape index (κ2) is 7.77. The number of hydrogen-bond donors (Lipinski definition) is 1. The molecule has 19 heavy (non-hydrogen) atoms. The summed E-state index contributed by atoms with van der Waals surface area (Å²) in [6, 6.07) is -0.0353. The number of likely N-dealkylation sites (N-methyl/N-ethyl adjacent to an activating group) is 1. The van der Waals surface area contributed by atoms with Crippen LogP contribution < -0.4 is 5.73 Å². The summed E-state index contributed by atoms with van der Waals surface area (Å²) < 4.78 is 0. The van der Waals surface area contributed by atoms with Crippen molar-refractivity contribution in [3.05, 3.63) is 0 Å². The van der Waals surface area contributed by atoms with Crippen molar-refractivity contribution in [2.45, 2.75) is 26.8 Å². The first-order chi connectivity index (χ1) is 8.99. The minimum atomic E-state index is -0.0353. The van der Waals surface area contributed by atoms with E-state index in [0.717, 1.165) is 39.3 Å². The van der Waals surface area contributed by atoms with Gasteiger partial charge in [-0.2, -0.15) is 0 Å². The lowest BCUT2D eigenvalue weighted by atomic mass is 10.2. The van der Waals surface area contributed by atoms with Crippen LogP contribution in [-0.2, 0) is 4.79 Å². The number of carbonyl (C=O) groups excluding carboxylic acids is 1. The van der Waals surface area contributed by atoms with Crippen LogP contribution in [0.5, 0.6) is 0 Å². The molecule has 5 nitrogen and oxygen atoms in total. The zero-order valence-electron chi connectivity index (χ0n) is 12.3. The lowest BCUT2D eigenvalue weighted by Gasteiger charge is -2.38. The number of rotatable bonds is 6. The molecule has 110 valence electrons. The molecule has 1 aliphatic heterocycles. The SMILES string of the molecule is CCN(CC)C(=O)C(C)N1CCN(CC(N)=S)CC1. The van der Waals surface area contributed by atoms with Crippen molar-refractivity contribution < 1.29 is 4.79 Å². The molecule has 0 radical (unpaired) electrons. The molecular formula is C13H26N4OS. The molecule has 0 spiro atoms. The third-order valence-corrected chi connectivity index (χ3v) is 3.90. The molecule has 0 bridgehead atoms. The predicted octanol–water partition coefficient (Wildman–Crippen LogP) is 0.147. The summed E-state index contributed by atoms with van der Waals surface area (Å²) in [5.41, 5.74) is 5.56. The highest BCUT2D eigenvalue weighted by Crippen LogP contribution is 2.09. The van der Waals surface area contributed by atoms with E-state index in [1.54, 1.807) is 0 Å². The van der Waals surface area contributed by atoms with Crippen LogP contribution in [0.25, 0.3) is 0 Å². The summed E-state index contributed by atoms with van der Waals surface area (Å²) in [5.74, 6) is 0.229. The molecule has 1 amide bonds. The third-order valence-electron chi connectivity index (χ3n) is 3.77. The van der Waals surface area contributed by atoms with Gasteiger partial charge >= 0.3 is 0 Å². The van der Waals surface area contributed by atoms with Crippen LogP contribution in [0.3, 0.4) is 0 Å². The zero-order chi connectivity index (χ0) is 14.4. The molecule has 1 unspecified atom stereocenters. The van der Waals surface area contributed by atoms with Crippen LogP contribution in [0.1, 0.15) is 20.8 Å². The van der Waals surface area contributed by atoms with Crippen LogP contribution in [0.4, 0.5) is 0 Å². The summed E-state index contributed by atoms with van der Waals surface area (Å²) in [5, 5.41) is 0. The van der Waals surface area contributed by atoms with Gasteiger partial charge in [0, 0.05) is 45.8 Å². The average molecular weight is 286 g/mol. The van der Waals surface area contributed by atoms with Crippen LogP contribution in [0, 0.1) is 0 Å². The maximum atomic E-state index is 12.3. The van der Waals surface area contributed by atoms with Gasteiger partial charge in [0.15, 0.2) is 0 Å². The highest BCUT2D eigenvalue weighted by Gasteiger charge is 2.27. The summed E-state index contributed by atoms with van der Waals surface area (Å²) in [6.07, 6.45) is 0. The molecule has 0 aliphatic carbocycles. The molecule has 0 aromatic heterocycles. The number of thiocarbonyl (C=S) groups is 1.